The average Bonchev–Trinajstić information content (AvgIpc) is 2.96. The van der Waals surface area contributed by atoms with Crippen LogP contribution in [0.3, 0.4) is 0 Å². The number of aryl methyl sites for hydroxylation is 2. The highest BCUT2D eigenvalue weighted by atomic mass is 15.2. The Morgan fingerprint density at radius 1 is 1.16 bits per heavy atom. The second kappa shape index (κ2) is 9.25. The van der Waals surface area contributed by atoms with Gasteiger partial charge in [0.05, 0.1) is 6.54 Å². The van der Waals surface area contributed by atoms with Gasteiger partial charge in [-0.3, -0.25) is 4.99 Å². The Kier molecular flexibility index (Phi) is 7.04. The van der Waals surface area contributed by atoms with Crippen LogP contribution in [0.5, 0.6) is 0 Å². The first-order chi connectivity index (χ1) is 12.0. The molecule has 0 unspecified atom stereocenters. The highest BCUT2D eigenvalue weighted by Crippen LogP contribution is 2.09. The van der Waals surface area contributed by atoms with E-state index in [9.17, 15) is 0 Å². The third kappa shape index (κ3) is 6.25. The summed E-state index contributed by atoms with van der Waals surface area (Å²) in [5.74, 6) is 2.44. The molecule has 0 saturated carbocycles. The molecule has 5 heteroatoms. The molecule has 2 rings (SSSR count). The molecule has 0 saturated heterocycles. The number of hydrogen-bond donors (Lipinski definition) is 2. The summed E-state index contributed by atoms with van der Waals surface area (Å²) < 4.78 is 2.19. The van der Waals surface area contributed by atoms with E-state index >= 15 is 0 Å². The number of nitrogens with zero attached hydrogens (tertiary/aromatic N) is 3. The summed E-state index contributed by atoms with van der Waals surface area (Å²) in [6.07, 6.45) is 4.87. The van der Waals surface area contributed by atoms with Crippen molar-refractivity contribution >= 4 is 5.96 Å². The summed E-state index contributed by atoms with van der Waals surface area (Å²) in [4.78, 5) is 8.74. The van der Waals surface area contributed by atoms with Gasteiger partial charge in [-0.2, -0.15) is 0 Å². The Hall–Kier alpha value is -2.30. The molecule has 0 bridgehead atoms. The van der Waals surface area contributed by atoms with Gasteiger partial charge in [-0.25, -0.2) is 4.98 Å². The van der Waals surface area contributed by atoms with E-state index in [0.717, 1.165) is 31.3 Å². The number of aliphatic imine (C=N–C) groups is 1. The Morgan fingerprint density at radius 3 is 2.52 bits per heavy atom. The fraction of sp³-hybridized carbons (Fsp3) is 0.500. The van der Waals surface area contributed by atoms with Gasteiger partial charge >= 0.3 is 0 Å². The maximum absolute atomic E-state index is 4.44. The van der Waals surface area contributed by atoms with E-state index < -0.39 is 0 Å². The van der Waals surface area contributed by atoms with Gasteiger partial charge in [0.2, 0.25) is 0 Å². The maximum atomic E-state index is 4.44. The quantitative estimate of drug-likeness (QED) is 0.601. The fourth-order valence-electron chi connectivity index (χ4n) is 2.99. The smallest absolute Gasteiger partial charge is 0.191 e. The zero-order chi connectivity index (χ0) is 18.2. The summed E-state index contributed by atoms with van der Waals surface area (Å²) in [6.45, 7) is 11.2. The lowest BCUT2D eigenvalue weighted by molar-refractivity contribution is 0.503. The summed E-state index contributed by atoms with van der Waals surface area (Å²) in [7, 11) is 1.80. The van der Waals surface area contributed by atoms with Crippen LogP contribution in [0.15, 0.2) is 35.6 Å². The molecule has 0 atom stereocenters. The third-order valence-corrected chi connectivity index (χ3v) is 3.99. The monoisotopic (exact) mass is 341 g/mol. The Balaban J connectivity index is 1.82. The first kappa shape index (κ1) is 19.0. The highest BCUT2D eigenvalue weighted by molar-refractivity contribution is 5.79. The molecule has 0 fully saturated rings. The van der Waals surface area contributed by atoms with Gasteiger partial charge in [0.15, 0.2) is 5.96 Å². The lowest BCUT2D eigenvalue weighted by Crippen LogP contribution is -2.38. The zero-order valence-corrected chi connectivity index (χ0v) is 16.1. The van der Waals surface area contributed by atoms with Crippen LogP contribution in [-0.4, -0.2) is 29.1 Å². The molecule has 25 heavy (non-hydrogen) atoms. The number of guanidine groups is 1. The van der Waals surface area contributed by atoms with E-state index in [1.54, 1.807) is 7.05 Å². The van der Waals surface area contributed by atoms with Crippen LogP contribution in [-0.2, 0) is 19.5 Å². The van der Waals surface area contributed by atoms with Crippen molar-refractivity contribution in [3.63, 3.8) is 0 Å². The molecule has 0 aliphatic rings. The Labute approximate surface area is 151 Å². The predicted molar refractivity (Wildman–Crippen MR) is 105 cm³/mol. The van der Waals surface area contributed by atoms with Crippen molar-refractivity contribution in [1.29, 1.82) is 0 Å². The van der Waals surface area contributed by atoms with Crippen LogP contribution >= 0.6 is 0 Å². The number of rotatable bonds is 7. The standard InChI is InChI=1S/C20H31N5/c1-15(2)14-25-9-8-22-19(25)13-24-20(21-5)23-7-6-18-11-16(3)10-17(4)12-18/h8-12,15H,6-7,13-14H2,1-5H3,(H2,21,23,24). The van der Waals surface area contributed by atoms with Crippen molar-refractivity contribution in [3.05, 3.63) is 53.1 Å². The van der Waals surface area contributed by atoms with E-state index in [4.69, 9.17) is 0 Å². The molecule has 5 nitrogen and oxygen atoms in total. The van der Waals surface area contributed by atoms with E-state index in [2.05, 4.69) is 71.1 Å². The fourth-order valence-corrected chi connectivity index (χ4v) is 2.99. The van der Waals surface area contributed by atoms with Gasteiger partial charge in [-0.15, -0.1) is 0 Å². The zero-order valence-electron chi connectivity index (χ0n) is 16.1. The second-order valence-electron chi connectivity index (χ2n) is 6.99. The van der Waals surface area contributed by atoms with E-state index in [-0.39, 0.29) is 0 Å². The number of benzene rings is 1. The van der Waals surface area contributed by atoms with Gasteiger partial charge < -0.3 is 15.2 Å². The molecule has 2 aromatic rings. The first-order valence-corrected chi connectivity index (χ1v) is 8.99. The second-order valence-corrected chi connectivity index (χ2v) is 6.99. The topological polar surface area (TPSA) is 54.2 Å². The van der Waals surface area contributed by atoms with Crippen molar-refractivity contribution in [3.8, 4) is 0 Å². The SMILES string of the molecule is CN=C(NCCc1cc(C)cc(C)c1)NCc1nccn1CC(C)C. The van der Waals surface area contributed by atoms with Gasteiger partial charge in [-0.1, -0.05) is 43.2 Å². The molecule has 2 N–H and O–H groups in total. The summed E-state index contributed by atoms with van der Waals surface area (Å²) in [5.41, 5.74) is 3.98. The van der Waals surface area contributed by atoms with Crippen LogP contribution in [0.1, 0.15) is 36.4 Å². The lowest BCUT2D eigenvalue weighted by Gasteiger charge is -2.14. The number of hydrogen-bond acceptors (Lipinski definition) is 2. The predicted octanol–water partition coefficient (Wildman–Crippen LogP) is 3.06. The maximum Gasteiger partial charge on any atom is 0.191 e. The molecular weight excluding hydrogens is 310 g/mol. The van der Waals surface area contributed by atoms with Crippen molar-refractivity contribution in [2.24, 2.45) is 10.9 Å². The molecule has 0 aliphatic carbocycles. The van der Waals surface area contributed by atoms with E-state index in [1.165, 1.54) is 16.7 Å². The molecule has 0 aliphatic heterocycles. The Morgan fingerprint density at radius 2 is 1.88 bits per heavy atom. The first-order valence-electron chi connectivity index (χ1n) is 8.99. The van der Waals surface area contributed by atoms with Gasteiger partial charge in [-0.05, 0) is 31.7 Å². The van der Waals surface area contributed by atoms with Gasteiger partial charge in [0.1, 0.15) is 5.82 Å². The number of aromatic nitrogens is 2. The average molecular weight is 342 g/mol. The molecule has 0 radical (unpaired) electrons. The molecule has 1 aromatic carbocycles. The van der Waals surface area contributed by atoms with Crippen LogP contribution in [0.2, 0.25) is 0 Å². The van der Waals surface area contributed by atoms with Crippen LogP contribution in [0.25, 0.3) is 0 Å². The van der Waals surface area contributed by atoms with E-state index in [0.29, 0.717) is 12.5 Å². The largest absolute Gasteiger partial charge is 0.356 e. The molecule has 0 spiro atoms. The van der Waals surface area contributed by atoms with E-state index in [1.807, 2.05) is 12.4 Å². The molecule has 1 aromatic heterocycles. The minimum Gasteiger partial charge on any atom is -0.356 e. The molecular formula is C20H31N5. The summed E-state index contributed by atoms with van der Waals surface area (Å²) in [5, 5.41) is 6.73. The molecule has 1 heterocycles. The van der Waals surface area contributed by atoms with Crippen LogP contribution in [0.4, 0.5) is 0 Å². The van der Waals surface area contributed by atoms with Crippen molar-refractivity contribution < 1.29 is 0 Å². The minimum absolute atomic E-state index is 0.600. The lowest BCUT2D eigenvalue weighted by atomic mass is 10.1. The van der Waals surface area contributed by atoms with Crippen LogP contribution in [0, 0.1) is 19.8 Å². The van der Waals surface area contributed by atoms with Crippen molar-refractivity contribution in [1.82, 2.24) is 20.2 Å². The summed E-state index contributed by atoms with van der Waals surface area (Å²) in [6, 6.07) is 6.69. The van der Waals surface area contributed by atoms with Crippen molar-refractivity contribution in [2.75, 3.05) is 13.6 Å². The van der Waals surface area contributed by atoms with Crippen LogP contribution < -0.4 is 10.6 Å². The summed E-state index contributed by atoms with van der Waals surface area (Å²) >= 11 is 0. The Bertz CT molecular complexity index is 680. The minimum atomic E-state index is 0.600. The van der Waals surface area contributed by atoms with Gasteiger partial charge in [0, 0.05) is 32.5 Å². The normalized spacial score (nSPS) is 11.8. The van der Waals surface area contributed by atoms with Gasteiger partial charge in [0.25, 0.3) is 0 Å². The number of imidazole rings is 1. The third-order valence-electron chi connectivity index (χ3n) is 3.99. The molecule has 0 amide bonds. The highest BCUT2D eigenvalue weighted by Gasteiger charge is 2.06. The van der Waals surface area contributed by atoms with Crippen molar-refractivity contribution in [2.45, 2.75) is 47.2 Å². The number of nitrogens with one attached hydrogen (secondary N) is 2. The molecule has 136 valence electrons.